The van der Waals surface area contributed by atoms with Gasteiger partial charge in [-0.25, -0.2) is 0 Å². The van der Waals surface area contributed by atoms with Gasteiger partial charge in [0.1, 0.15) is 11.4 Å². The summed E-state index contributed by atoms with van der Waals surface area (Å²) in [7, 11) is 0. The van der Waals surface area contributed by atoms with E-state index in [9.17, 15) is 27.6 Å². The van der Waals surface area contributed by atoms with E-state index in [0.717, 1.165) is 24.5 Å². The average Bonchev–Trinajstić information content (AvgIpc) is 2.92. The van der Waals surface area contributed by atoms with Crippen LogP contribution in [0.25, 0.3) is 6.08 Å². The molecule has 1 aliphatic heterocycles. The number of benzene rings is 2. The van der Waals surface area contributed by atoms with Gasteiger partial charge in [-0.2, -0.15) is 0 Å². The molecule has 0 bridgehead atoms. The number of nitrogens with zero attached hydrogens (tertiary/aromatic N) is 1. The quantitative estimate of drug-likeness (QED) is 0.131. The number of rotatable bonds is 9. The Morgan fingerprint density at radius 1 is 1.05 bits per heavy atom. The van der Waals surface area contributed by atoms with Gasteiger partial charge < -0.3 is 19.5 Å². The Hall–Kier alpha value is -4.12. The van der Waals surface area contributed by atoms with E-state index in [-0.39, 0.29) is 19.5 Å². The number of fused-ring (bicyclic) bond motifs is 1. The van der Waals surface area contributed by atoms with Crippen LogP contribution in [0.4, 0.5) is 13.2 Å². The Morgan fingerprint density at radius 3 is 2.42 bits per heavy atom. The van der Waals surface area contributed by atoms with Crippen LogP contribution in [0.1, 0.15) is 57.1 Å². The molecule has 1 aliphatic carbocycles. The lowest BCUT2D eigenvalue weighted by atomic mass is 9.55. The van der Waals surface area contributed by atoms with E-state index in [1.165, 1.54) is 13.8 Å². The molecule has 1 amide bonds. The fourth-order valence-electron chi connectivity index (χ4n) is 6.41. The standard InChI is InChI=1S/C32H35F3N2O6/c1-4-17-37-21-31(42-23(3)39)16-9-8-15-30(31,25-13-10-14-26(19-25)41-22(2)38)20-28(37)36-29(40)27(43-32(33,34)35)18-24-11-6-5-7-12-24/h4-7,10-14,18-19,28H,1,8-9,15-17,20-21H2,2-3H3,(H,36,40)/t28-,30-,31?/m0/s1. The summed E-state index contributed by atoms with van der Waals surface area (Å²) >= 11 is 0. The van der Waals surface area contributed by atoms with Gasteiger partial charge >= 0.3 is 18.3 Å². The third-order valence-corrected chi connectivity index (χ3v) is 7.94. The molecule has 1 saturated heterocycles. The molecule has 11 heteroatoms. The highest BCUT2D eigenvalue weighted by Crippen LogP contribution is 2.55. The first-order chi connectivity index (χ1) is 20.4. The number of ether oxygens (including phenoxy) is 3. The molecule has 3 atom stereocenters. The molecule has 8 nitrogen and oxygen atoms in total. The van der Waals surface area contributed by atoms with Gasteiger partial charge in [0.25, 0.3) is 5.91 Å². The van der Waals surface area contributed by atoms with Crippen molar-refractivity contribution in [1.29, 1.82) is 0 Å². The number of piperidine rings is 1. The Labute approximate surface area is 248 Å². The molecule has 2 aliphatic rings. The zero-order valence-corrected chi connectivity index (χ0v) is 24.1. The predicted octanol–water partition coefficient (Wildman–Crippen LogP) is 5.64. The van der Waals surface area contributed by atoms with E-state index >= 15 is 0 Å². The van der Waals surface area contributed by atoms with Crippen LogP contribution in [0.15, 0.2) is 73.0 Å². The van der Waals surface area contributed by atoms with Crippen LogP contribution in [0.2, 0.25) is 0 Å². The first kappa shape index (κ1) is 31.8. The highest BCUT2D eigenvalue weighted by molar-refractivity contribution is 5.96. The Bertz CT molecular complexity index is 1380. The number of hydrogen-bond acceptors (Lipinski definition) is 7. The van der Waals surface area contributed by atoms with Crippen molar-refractivity contribution in [2.45, 2.75) is 69.5 Å². The number of hydrogen-bond donors (Lipinski definition) is 1. The second-order valence-corrected chi connectivity index (χ2v) is 10.9. The predicted molar refractivity (Wildman–Crippen MR) is 152 cm³/mol. The molecule has 2 aromatic rings. The summed E-state index contributed by atoms with van der Waals surface area (Å²) in [4.78, 5) is 39.6. The zero-order chi connectivity index (χ0) is 31.3. The number of likely N-dealkylation sites (tertiary alicyclic amines) is 1. The zero-order valence-electron chi connectivity index (χ0n) is 24.1. The Balaban J connectivity index is 1.78. The first-order valence-corrected chi connectivity index (χ1v) is 14.0. The molecule has 0 spiro atoms. The van der Waals surface area contributed by atoms with Crippen LogP contribution in [-0.2, 0) is 29.3 Å². The summed E-state index contributed by atoms with van der Waals surface area (Å²) in [6, 6.07) is 15.0. The van der Waals surface area contributed by atoms with E-state index in [1.807, 2.05) is 11.0 Å². The largest absolute Gasteiger partial charge is 0.573 e. The molecular weight excluding hydrogens is 565 g/mol. The lowest BCUT2D eigenvalue weighted by Gasteiger charge is -2.60. The fourth-order valence-corrected chi connectivity index (χ4v) is 6.41. The molecule has 1 unspecified atom stereocenters. The minimum atomic E-state index is -5.10. The van der Waals surface area contributed by atoms with Gasteiger partial charge in [0.15, 0.2) is 5.76 Å². The molecule has 1 heterocycles. The highest BCUT2D eigenvalue weighted by atomic mass is 19.4. The monoisotopic (exact) mass is 600 g/mol. The third-order valence-electron chi connectivity index (χ3n) is 7.94. The van der Waals surface area contributed by atoms with Gasteiger partial charge in [0, 0.05) is 32.4 Å². The molecule has 1 N–H and O–H groups in total. The molecule has 4 rings (SSSR count). The summed E-state index contributed by atoms with van der Waals surface area (Å²) in [5.74, 6) is -2.64. The number of alkyl halides is 3. The van der Waals surface area contributed by atoms with E-state index in [2.05, 4.69) is 16.6 Å². The number of carbonyl (C=O) groups is 3. The Kier molecular flexibility index (Phi) is 9.64. The van der Waals surface area contributed by atoms with Crippen LogP contribution in [0.5, 0.6) is 5.75 Å². The molecular formula is C32H35F3N2O6. The van der Waals surface area contributed by atoms with E-state index in [0.29, 0.717) is 24.2 Å². The van der Waals surface area contributed by atoms with Crippen molar-refractivity contribution in [2.24, 2.45) is 0 Å². The van der Waals surface area contributed by atoms with Crippen LogP contribution < -0.4 is 10.1 Å². The number of esters is 2. The number of amides is 1. The SMILES string of the molecule is C=CCN1CC2(OC(C)=O)CCCC[C@@]2(c2cccc(OC(C)=O)c2)C[C@H]1NC(=O)C(=Cc1ccccc1)OC(F)(F)F. The van der Waals surface area contributed by atoms with Crippen molar-refractivity contribution >= 4 is 23.9 Å². The fraction of sp³-hybridized carbons (Fsp3) is 0.406. The summed E-state index contributed by atoms with van der Waals surface area (Å²) in [5, 5.41) is 2.76. The van der Waals surface area contributed by atoms with E-state index in [1.54, 1.807) is 54.6 Å². The van der Waals surface area contributed by atoms with Gasteiger partial charge in [0.2, 0.25) is 0 Å². The molecule has 230 valence electrons. The molecule has 0 aromatic heterocycles. The third kappa shape index (κ3) is 7.45. The normalized spacial score (nSPS) is 24.3. The maximum absolute atomic E-state index is 13.5. The minimum absolute atomic E-state index is 0.180. The summed E-state index contributed by atoms with van der Waals surface area (Å²) in [6.45, 7) is 6.88. The van der Waals surface area contributed by atoms with Gasteiger partial charge in [-0.3, -0.25) is 19.3 Å². The molecule has 43 heavy (non-hydrogen) atoms. The molecule has 2 aromatic carbocycles. The number of carbonyl (C=O) groups excluding carboxylic acids is 3. The van der Waals surface area contributed by atoms with E-state index in [4.69, 9.17) is 9.47 Å². The van der Waals surface area contributed by atoms with Crippen molar-refractivity contribution in [3.63, 3.8) is 0 Å². The van der Waals surface area contributed by atoms with Crippen LogP contribution in [0, 0.1) is 0 Å². The van der Waals surface area contributed by atoms with Gasteiger partial charge in [0.05, 0.1) is 6.17 Å². The summed E-state index contributed by atoms with van der Waals surface area (Å²) < 4.78 is 55.9. The van der Waals surface area contributed by atoms with Crippen molar-refractivity contribution in [1.82, 2.24) is 10.2 Å². The molecule has 0 radical (unpaired) electrons. The second kappa shape index (κ2) is 13.0. The minimum Gasteiger partial charge on any atom is -0.457 e. The first-order valence-electron chi connectivity index (χ1n) is 14.0. The summed E-state index contributed by atoms with van der Waals surface area (Å²) in [6.07, 6.45) is -0.415. The molecule has 2 fully saturated rings. The van der Waals surface area contributed by atoms with Gasteiger partial charge in [-0.05, 0) is 55.0 Å². The lowest BCUT2D eigenvalue weighted by molar-refractivity contribution is -0.304. The maximum Gasteiger partial charge on any atom is 0.573 e. The van der Waals surface area contributed by atoms with Crippen molar-refractivity contribution in [2.75, 3.05) is 13.1 Å². The van der Waals surface area contributed by atoms with Crippen LogP contribution in [-0.4, -0.2) is 54.0 Å². The van der Waals surface area contributed by atoms with Crippen molar-refractivity contribution in [3.8, 4) is 5.75 Å². The number of halogens is 3. The number of nitrogens with one attached hydrogen (secondary N) is 1. The average molecular weight is 601 g/mol. The maximum atomic E-state index is 13.5. The second-order valence-electron chi connectivity index (χ2n) is 10.9. The lowest BCUT2D eigenvalue weighted by Crippen LogP contribution is -2.71. The topological polar surface area (TPSA) is 94.2 Å². The van der Waals surface area contributed by atoms with E-state index < -0.39 is 47.1 Å². The molecule has 1 saturated carbocycles. The van der Waals surface area contributed by atoms with Crippen LogP contribution >= 0.6 is 0 Å². The van der Waals surface area contributed by atoms with Gasteiger partial charge in [-0.1, -0.05) is 55.0 Å². The Morgan fingerprint density at radius 2 is 1.77 bits per heavy atom. The van der Waals surface area contributed by atoms with Crippen molar-refractivity contribution < 1.29 is 41.8 Å². The van der Waals surface area contributed by atoms with Crippen molar-refractivity contribution in [3.05, 3.63) is 84.1 Å². The summed E-state index contributed by atoms with van der Waals surface area (Å²) in [5.41, 5.74) is -0.808. The van der Waals surface area contributed by atoms with Gasteiger partial charge in [-0.15, -0.1) is 19.8 Å². The smallest absolute Gasteiger partial charge is 0.457 e. The highest BCUT2D eigenvalue weighted by Gasteiger charge is 2.61. The van der Waals surface area contributed by atoms with Crippen LogP contribution in [0.3, 0.4) is 0 Å².